The van der Waals surface area contributed by atoms with E-state index >= 15 is 0 Å². The van der Waals surface area contributed by atoms with Crippen molar-refractivity contribution in [2.45, 2.75) is 25.6 Å². The van der Waals surface area contributed by atoms with Crippen LogP contribution in [0.25, 0.3) is 0 Å². The Morgan fingerprint density at radius 2 is 2.14 bits per heavy atom. The highest BCUT2D eigenvalue weighted by molar-refractivity contribution is 7.99. The van der Waals surface area contributed by atoms with Gasteiger partial charge in [-0.15, -0.1) is 11.8 Å². The van der Waals surface area contributed by atoms with Crippen molar-refractivity contribution in [3.63, 3.8) is 0 Å². The Kier molecular flexibility index (Phi) is 5.96. The first-order chi connectivity index (χ1) is 14.1. The molecular formula is C20H20N4O3S2. The number of amides is 2. The molecule has 0 saturated heterocycles. The van der Waals surface area contributed by atoms with Gasteiger partial charge in [0.15, 0.2) is 10.8 Å². The van der Waals surface area contributed by atoms with Crippen LogP contribution in [0.5, 0.6) is 0 Å². The topological polar surface area (TPSA) is 88.3 Å². The minimum Gasteiger partial charge on any atom is -0.361 e. The highest BCUT2D eigenvalue weighted by Gasteiger charge is 2.25. The first-order valence-corrected chi connectivity index (χ1v) is 11.2. The van der Waals surface area contributed by atoms with Crippen LogP contribution in [0.1, 0.15) is 32.4 Å². The number of nitrogens with zero attached hydrogens (tertiary/aromatic N) is 3. The molecule has 0 saturated carbocycles. The molecule has 0 unspecified atom stereocenters. The third-order valence-electron chi connectivity index (χ3n) is 4.50. The third kappa shape index (κ3) is 4.86. The molecule has 0 aliphatic carbocycles. The number of thioether (sulfide) groups is 1. The largest absolute Gasteiger partial charge is 0.361 e. The summed E-state index contributed by atoms with van der Waals surface area (Å²) in [6.45, 7) is 2.92. The zero-order valence-electron chi connectivity index (χ0n) is 15.9. The van der Waals surface area contributed by atoms with Gasteiger partial charge in [-0.1, -0.05) is 46.8 Å². The maximum atomic E-state index is 12.6. The van der Waals surface area contributed by atoms with Crippen LogP contribution in [-0.4, -0.2) is 39.2 Å². The quantitative estimate of drug-likeness (QED) is 0.646. The van der Waals surface area contributed by atoms with Crippen molar-refractivity contribution in [1.29, 1.82) is 0 Å². The number of anilines is 1. The highest BCUT2D eigenvalue weighted by atomic mass is 32.2. The monoisotopic (exact) mass is 428 g/mol. The molecule has 2 amide bonds. The van der Waals surface area contributed by atoms with Crippen molar-refractivity contribution < 1.29 is 14.1 Å². The van der Waals surface area contributed by atoms with Crippen molar-refractivity contribution in [1.82, 2.24) is 15.0 Å². The molecule has 0 atom stereocenters. The Labute approximate surface area is 176 Å². The van der Waals surface area contributed by atoms with Crippen LogP contribution in [0.15, 0.2) is 40.9 Å². The number of aryl methyl sites for hydroxylation is 1. The fourth-order valence-electron chi connectivity index (χ4n) is 3.02. The molecule has 150 valence electrons. The van der Waals surface area contributed by atoms with Crippen molar-refractivity contribution in [2.24, 2.45) is 0 Å². The zero-order chi connectivity index (χ0) is 20.2. The van der Waals surface area contributed by atoms with E-state index in [1.54, 1.807) is 24.8 Å². The van der Waals surface area contributed by atoms with Gasteiger partial charge in [0.1, 0.15) is 5.76 Å². The fourth-order valence-corrected chi connectivity index (χ4v) is 4.92. The molecule has 29 heavy (non-hydrogen) atoms. The van der Waals surface area contributed by atoms with Gasteiger partial charge in [0.25, 0.3) is 5.91 Å². The van der Waals surface area contributed by atoms with Crippen molar-refractivity contribution in [2.75, 3.05) is 17.6 Å². The van der Waals surface area contributed by atoms with Gasteiger partial charge < -0.3 is 9.42 Å². The van der Waals surface area contributed by atoms with E-state index in [9.17, 15) is 9.59 Å². The van der Waals surface area contributed by atoms with E-state index in [2.05, 4.69) is 27.6 Å². The van der Waals surface area contributed by atoms with Gasteiger partial charge >= 0.3 is 0 Å². The van der Waals surface area contributed by atoms with Gasteiger partial charge in [0.05, 0.1) is 18.0 Å². The Hall–Kier alpha value is -2.65. The number of fused-ring (bicyclic) bond motifs is 1. The maximum Gasteiger partial charge on any atom is 0.279 e. The molecule has 1 aromatic carbocycles. The maximum absolute atomic E-state index is 12.6. The summed E-state index contributed by atoms with van der Waals surface area (Å²) in [6.07, 6.45) is 0.694. The number of thiazole rings is 1. The lowest BCUT2D eigenvalue weighted by Crippen LogP contribution is -2.36. The van der Waals surface area contributed by atoms with Gasteiger partial charge in [-0.3, -0.25) is 14.9 Å². The van der Waals surface area contributed by atoms with Crippen LogP contribution in [0.2, 0.25) is 0 Å². The molecule has 0 spiro atoms. The number of rotatable bonds is 6. The second-order valence-electron chi connectivity index (χ2n) is 6.71. The Morgan fingerprint density at radius 3 is 2.90 bits per heavy atom. The lowest BCUT2D eigenvalue weighted by molar-refractivity contribution is -0.129. The predicted octanol–water partition coefficient (Wildman–Crippen LogP) is 3.51. The lowest BCUT2D eigenvalue weighted by atomic mass is 10.2. The van der Waals surface area contributed by atoms with Crippen LogP contribution in [-0.2, 0) is 23.5 Å². The molecular weight excluding hydrogens is 408 g/mol. The van der Waals surface area contributed by atoms with Gasteiger partial charge in [0.2, 0.25) is 5.91 Å². The second kappa shape index (κ2) is 8.79. The van der Waals surface area contributed by atoms with E-state index in [1.165, 1.54) is 16.9 Å². The highest BCUT2D eigenvalue weighted by Crippen LogP contribution is 2.29. The number of benzene rings is 1. The zero-order valence-corrected chi connectivity index (χ0v) is 17.5. The molecule has 1 N–H and O–H groups in total. The SMILES string of the molecule is Cc1cc(C(=O)Nc2nc3c(s2)CN(C(=O)CSCc2ccccc2)CC3)no1. The summed E-state index contributed by atoms with van der Waals surface area (Å²) in [5, 5.41) is 7.00. The molecule has 3 aromatic rings. The average Bonchev–Trinajstić information content (AvgIpc) is 3.33. The van der Waals surface area contributed by atoms with Crippen LogP contribution in [0.3, 0.4) is 0 Å². The summed E-state index contributed by atoms with van der Waals surface area (Å²) in [5.41, 5.74) is 2.39. The van der Waals surface area contributed by atoms with Gasteiger partial charge in [-0.25, -0.2) is 4.98 Å². The van der Waals surface area contributed by atoms with Gasteiger partial charge in [-0.05, 0) is 12.5 Å². The number of carbonyl (C=O) groups excluding carboxylic acids is 2. The van der Waals surface area contributed by atoms with E-state index in [1.807, 2.05) is 23.1 Å². The molecule has 3 heterocycles. The average molecular weight is 429 g/mol. The number of hydrogen-bond donors (Lipinski definition) is 1. The Bertz CT molecular complexity index is 1020. The van der Waals surface area contributed by atoms with Gasteiger partial charge in [-0.2, -0.15) is 0 Å². The van der Waals surface area contributed by atoms with Crippen LogP contribution in [0, 0.1) is 6.92 Å². The molecule has 1 aliphatic rings. The number of nitrogens with one attached hydrogen (secondary N) is 1. The first kappa shape index (κ1) is 19.7. The summed E-state index contributed by atoms with van der Waals surface area (Å²) in [4.78, 5) is 32.2. The first-order valence-electron chi connectivity index (χ1n) is 9.21. The summed E-state index contributed by atoms with van der Waals surface area (Å²) in [7, 11) is 0. The van der Waals surface area contributed by atoms with E-state index < -0.39 is 0 Å². The predicted molar refractivity (Wildman–Crippen MR) is 113 cm³/mol. The summed E-state index contributed by atoms with van der Waals surface area (Å²) in [6, 6.07) is 11.7. The third-order valence-corrected chi connectivity index (χ3v) is 6.49. The van der Waals surface area contributed by atoms with Crippen molar-refractivity contribution >= 4 is 40.0 Å². The molecule has 0 radical (unpaired) electrons. The number of hydrogen-bond acceptors (Lipinski definition) is 7. The van der Waals surface area contributed by atoms with Crippen LogP contribution >= 0.6 is 23.1 Å². The summed E-state index contributed by atoms with van der Waals surface area (Å²) < 4.78 is 4.93. The van der Waals surface area contributed by atoms with E-state index in [4.69, 9.17) is 4.52 Å². The number of carbonyl (C=O) groups is 2. The number of aromatic nitrogens is 2. The summed E-state index contributed by atoms with van der Waals surface area (Å²) >= 11 is 3.03. The molecule has 7 nitrogen and oxygen atoms in total. The Morgan fingerprint density at radius 1 is 1.31 bits per heavy atom. The fraction of sp³-hybridized carbons (Fsp3) is 0.300. The molecule has 9 heteroatoms. The normalized spacial score (nSPS) is 13.2. The summed E-state index contributed by atoms with van der Waals surface area (Å²) in [5.74, 6) is 1.64. The van der Waals surface area contributed by atoms with Crippen LogP contribution < -0.4 is 5.32 Å². The molecule has 1 aliphatic heterocycles. The minimum absolute atomic E-state index is 0.133. The van der Waals surface area contributed by atoms with E-state index in [0.717, 1.165) is 16.3 Å². The molecule has 4 rings (SSSR count). The van der Waals surface area contributed by atoms with Crippen molar-refractivity contribution in [3.05, 3.63) is 64.0 Å². The van der Waals surface area contributed by atoms with E-state index in [0.29, 0.717) is 36.2 Å². The van der Waals surface area contributed by atoms with Gasteiger partial charge in [0, 0.05) is 29.7 Å². The minimum atomic E-state index is -0.349. The smallest absolute Gasteiger partial charge is 0.279 e. The van der Waals surface area contributed by atoms with E-state index in [-0.39, 0.29) is 17.5 Å². The van der Waals surface area contributed by atoms with Crippen LogP contribution in [0.4, 0.5) is 5.13 Å². The van der Waals surface area contributed by atoms with Crippen molar-refractivity contribution in [3.8, 4) is 0 Å². The Balaban J connectivity index is 1.31. The molecule has 0 fully saturated rings. The second-order valence-corrected chi connectivity index (χ2v) is 8.78. The lowest BCUT2D eigenvalue weighted by Gasteiger charge is -2.26. The molecule has 2 aromatic heterocycles. The standard InChI is InChI=1S/C20H20N4O3S2/c1-13-9-16(23-27-13)19(26)22-20-21-15-7-8-24(10-17(15)29-20)18(25)12-28-11-14-5-3-2-4-6-14/h2-6,9H,7-8,10-12H2,1H3,(H,21,22,26). The molecule has 0 bridgehead atoms.